The van der Waals surface area contributed by atoms with Gasteiger partial charge in [0.15, 0.2) is 0 Å². The molecule has 0 bridgehead atoms. The number of carbonyl (C=O) groups excluding carboxylic acids is 1. The van der Waals surface area contributed by atoms with Crippen LogP contribution >= 0.6 is 0 Å². The van der Waals surface area contributed by atoms with Gasteiger partial charge in [0.2, 0.25) is 0 Å². The van der Waals surface area contributed by atoms with Crippen LogP contribution in [0.1, 0.15) is 13.3 Å². The fraction of sp³-hybridized carbons (Fsp3) is 0.909. The maximum atomic E-state index is 11.7. The van der Waals surface area contributed by atoms with Crippen molar-refractivity contribution in [3.63, 3.8) is 0 Å². The van der Waals surface area contributed by atoms with Crippen molar-refractivity contribution in [3.05, 3.63) is 0 Å². The number of nitrogens with one attached hydrogen (secondary N) is 1. The van der Waals surface area contributed by atoms with Gasteiger partial charge in [-0.15, -0.1) is 0 Å². The average Bonchev–Trinajstić information content (AvgIpc) is 2.75. The van der Waals surface area contributed by atoms with Crippen LogP contribution < -0.4 is 5.32 Å². The highest BCUT2D eigenvalue weighted by Crippen LogP contribution is 2.16. The summed E-state index contributed by atoms with van der Waals surface area (Å²) in [5, 5.41) is 3.03. The van der Waals surface area contributed by atoms with E-state index in [4.69, 9.17) is 9.47 Å². The molecule has 1 aliphatic heterocycles. The molecule has 1 saturated heterocycles. The minimum absolute atomic E-state index is 0.226. The quantitative estimate of drug-likeness (QED) is 0.666. The molecule has 2 unspecified atom stereocenters. The fourth-order valence-corrected chi connectivity index (χ4v) is 2.05. The Kier molecular flexibility index (Phi) is 4.70. The molecule has 5 heteroatoms. The lowest BCUT2D eigenvalue weighted by molar-refractivity contribution is -0.148. The summed E-state index contributed by atoms with van der Waals surface area (Å²) in [5.41, 5.74) is -0.641. The second-order valence-electron chi connectivity index (χ2n) is 4.46. The molecule has 0 amide bonds. The van der Waals surface area contributed by atoms with Crippen molar-refractivity contribution in [1.29, 1.82) is 0 Å². The Bertz CT molecular complexity index is 247. The van der Waals surface area contributed by atoms with Crippen molar-refractivity contribution in [2.75, 3.05) is 40.9 Å². The van der Waals surface area contributed by atoms with Crippen molar-refractivity contribution in [2.45, 2.75) is 25.0 Å². The summed E-state index contributed by atoms with van der Waals surface area (Å²) < 4.78 is 10.1. The van der Waals surface area contributed by atoms with Gasteiger partial charge < -0.3 is 14.8 Å². The molecule has 0 aromatic heterocycles. The van der Waals surface area contributed by atoms with E-state index in [1.54, 1.807) is 14.2 Å². The third-order valence-corrected chi connectivity index (χ3v) is 3.29. The standard InChI is InChI=1S/C11H22N2O3/c1-11(12-2,10(14)16-4)8-13-6-5-9(7-13)15-3/h9,12H,5-8H2,1-4H3. The SMILES string of the molecule is CNC(C)(CN1CCC(OC)C1)C(=O)OC. The maximum Gasteiger partial charge on any atom is 0.327 e. The third kappa shape index (κ3) is 2.93. The summed E-state index contributed by atoms with van der Waals surface area (Å²) >= 11 is 0. The van der Waals surface area contributed by atoms with Crippen LogP contribution in [0.2, 0.25) is 0 Å². The molecule has 1 aliphatic rings. The molecule has 1 heterocycles. The zero-order chi connectivity index (χ0) is 12.2. The van der Waals surface area contributed by atoms with E-state index in [2.05, 4.69) is 10.2 Å². The first-order chi connectivity index (χ1) is 7.55. The molecule has 2 atom stereocenters. The number of carbonyl (C=O) groups is 1. The van der Waals surface area contributed by atoms with Gasteiger partial charge in [0.25, 0.3) is 0 Å². The molecule has 1 N–H and O–H groups in total. The van der Waals surface area contributed by atoms with Gasteiger partial charge in [-0.3, -0.25) is 9.69 Å². The Labute approximate surface area is 97.1 Å². The second-order valence-corrected chi connectivity index (χ2v) is 4.46. The van der Waals surface area contributed by atoms with Gasteiger partial charge in [-0.2, -0.15) is 0 Å². The normalized spacial score (nSPS) is 25.4. The van der Waals surface area contributed by atoms with E-state index < -0.39 is 5.54 Å². The summed E-state index contributed by atoms with van der Waals surface area (Å²) in [5.74, 6) is -0.226. The molecule has 94 valence electrons. The number of ether oxygens (including phenoxy) is 2. The first-order valence-corrected chi connectivity index (χ1v) is 5.58. The minimum Gasteiger partial charge on any atom is -0.468 e. The van der Waals surface area contributed by atoms with Crippen molar-refractivity contribution in [2.24, 2.45) is 0 Å². The van der Waals surface area contributed by atoms with Gasteiger partial charge in [-0.1, -0.05) is 0 Å². The van der Waals surface area contributed by atoms with E-state index in [1.807, 2.05) is 6.92 Å². The van der Waals surface area contributed by atoms with Crippen LogP contribution in [0.15, 0.2) is 0 Å². The Morgan fingerprint density at radius 1 is 1.56 bits per heavy atom. The maximum absolute atomic E-state index is 11.7. The largest absolute Gasteiger partial charge is 0.468 e. The number of rotatable bonds is 5. The van der Waals surface area contributed by atoms with Crippen LogP contribution in [0.5, 0.6) is 0 Å². The fourth-order valence-electron chi connectivity index (χ4n) is 2.05. The number of hydrogen-bond donors (Lipinski definition) is 1. The van der Waals surface area contributed by atoms with E-state index in [9.17, 15) is 4.79 Å². The number of hydrogen-bond acceptors (Lipinski definition) is 5. The van der Waals surface area contributed by atoms with Crippen LogP contribution in [0.3, 0.4) is 0 Å². The molecule has 0 aliphatic carbocycles. The lowest BCUT2D eigenvalue weighted by Gasteiger charge is -2.30. The third-order valence-electron chi connectivity index (χ3n) is 3.29. The molecule has 0 aromatic rings. The number of methoxy groups -OCH3 is 2. The monoisotopic (exact) mass is 230 g/mol. The van der Waals surface area contributed by atoms with Gasteiger partial charge in [-0.25, -0.2) is 0 Å². The minimum atomic E-state index is -0.641. The molecule has 0 radical (unpaired) electrons. The highest BCUT2D eigenvalue weighted by Gasteiger charge is 2.36. The summed E-state index contributed by atoms with van der Waals surface area (Å²) in [6.07, 6.45) is 1.32. The van der Waals surface area contributed by atoms with Crippen molar-refractivity contribution in [1.82, 2.24) is 10.2 Å². The molecule has 5 nitrogen and oxygen atoms in total. The number of nitrogens with zero attached hydrogens (tertiary/aromatic N) is 1. The van der Waals surface area contributed by atoms with Crippen molar-refractivity contribution in [3.8, 4) is 0 Å². The molecule has 1 fully saturated rings. The van der Waals surface area contributed by atoms with Gasteiger partial charge in [0.1, 0.15) is 5.54 Å². The van der Waals surface area contributed by atoms with Crippen molar-refractivity contribution < 1.29 is 14.3 Å². The van der Waals surface area contributed by atoms with Crippen LogP contribution in [-0.2, 0) is 14.3 Å². The highest BCUT2D eigenvalue weighted by molar-refractivity contribution is 5.80. The van der Waals surface area contributed by atoms with Gasteiger partial charge >= 0.3 is 5.97 Å². The Morgan fingerprint density at radius 2 is 2.25 bits per heavy atom. The van der Waals surface area contributed by atoms with Crippen LogP contribution in [0.4, 0.5) is 0 Å². The molecule has 0 spiro atoms. The second kappa shape index (κ2) is 5.61. The van der Waals surface area contributed by atoms with Gasteiger partial charge in [-0.05, 0) is 20.4 Å². The molecule has 0 aromatic carbocycles. The topological polar surface area (TPSA) is 50.8 Å². The number of likely N-dealkylation sites (N-methyl/N-ethyl adjacent to an activating group) is 1. The van der Waals surface area contributed by atoms with E-state index in [-0.39, 0.29) is 5.97 Å². The number of esters is 1. The first kappa shape index (κ1) is 13.4. The van der Waals surface area contributed by atoms with Gasteiger partial charge in [0.05, 0.1) is 13.2 Å². The summed E-state index contributed by atoms with van der Waals surface area (Å²) in [6.45, 7) is 4.35. The zero-order valence-corrected chi connectivity index (χ0v) is 10.6. The smallest absolute Gasteiger partial charge is 0.327 e. The average molecular weight is 230 g/mol. The van der Waals surface area contributed by atoms with E-state index in [0.29, 0.717) is 12.6 Å². The molecular weight excluding hydrogens is 208 g/mol. The Balaban J connectivity index is 2.54. The lowest BCUT2D eigenvalue weighted by atomic mass is 10.0. The van der Waals surface area contributed by atoms with Crippen LogP contribution in [-0.4, -0.2) is 63.4 Å². The van der Waals surface area contributed by atoms with E-state index >= 15 is 0 Å². The lowest BCUT2D eigenvalue weighted by Crippen LogP contribution is -2.55. The predicted molar refractivity (Wildman–Crippen MR) is 61.3 cm³/mol. The van der Waals surface area contributed by atoms with E-state index in [1.165, 1.54) is 7.11 Å². The summed E-state index contributed by atoms with van der Waals surface area (Å²) in [7, 11) is 4.92. The summed E-state index contributed by atoms with van der Waals surface area (Å²) in [6, 6.07) is 0. The van der Waals surface area contributed by atoms with E-state index in [0.717, 1.165) is 19.5 Å². The summed E-state index contributed by atoms with van der Waals surface area (Å²) in [4.78, 5) is 13.9. The Morgan fingerprint density at radius 3 is 2.69 bits per heavy atom. The number of likely N-dealkylation sites (tertiary alicyclic amines) is 1. The molecule has 0 saturated carbocycles. The molecule has 1 rings (SSSR count). The van der Waals surface area contributed by atoms with Gasteiger partial charge in [0, 0.05) is 26.7 Å². The zero-order valence-electron chi connectivity index (χ0n) is 10.6. The first-order valence-electron chi connectivity index (χ1n) is 5.58. The van der Waals surface area contributed by atoms with Crippen LogP contribution in [0.25, 0.3) is 0 Å². The van der Waals surface area contributed by atoms with Crippen molar-refractivity contribution >= 4 is 5.97 Å². The molecule has 16 heavy (non-hydrogen) atoms. The Hall–Kier alpha value is -0.650. The van der Waals surface area contributed by atoms with Crippen LogP contribution in [0, 0.1) is 0 Å². The predicted octanol–water partition coefficient (Wildman–Crippen LogP) is -0.142. The highest BCUT2D eigenvalue weighted by atomic mass is 16.5. The molecular formula is C11H22N2O3.